The van der Waals surface area contributed by atoms with E-state index in [4.69, 9.17) is 12.2 Å². The summed E-state index contributed by atoms with van der Waals surface area (Å²) in [7, 11) is 0. The lowest BCUT2D eigenvalue weighted by atomic mass is 10.0. The van der Waals surface area contributed by atoms with E-state index in [1.54, 1.807) is 6.07 Å². The fourth-order valence-corrected chi connectivity index (χ4v) is 2.36. The van der Waals surface area contributed by atoms with Gasteiger partial charge in [-0.3, -0.25) is 0 Å². The van der Waals surface area contributed by atoms with Crippen LogP contribution in [0.5, 0.6) is 5.75 Å². The highest BCUT2D eigenvalue weighted by Gasteiger charge is 2.02. The van der Waals surface area contributed by atoms with Crippen molar-refractivity contribution >= 4 is 28.1 Å². The zero-order valence-corrected chi connectivity index (χ0v) is 12.5. The fraction of sp³-hybridized carbons (Fsp3) is 0.312. The Hall–Kier alpha value is -1.81. The van der Waals surface area contributed by atoms with Crippen LogP contribution in [0.2, 0.25) is 0 Å². The lowest BCUT2D eigenvalue weighted by molar-refractivity contribution is 0.476. The van der Waals surface area contributed by atoms with Crippen molar-refractivity contribution in [3.8, 4) is 5.75 Å². The van der Waals surface area contributed by atoms with Crippen LogP contribution >= 0.6 is 12.2 Å². The Morgan fingerprint density at radius 2 is 1.95 bits per heavy atom. The van der Waals surface area contributed by atoms with Gasteiger partial charge in [-0.05, 0) is 53.5 Å². The van der Waals surface area contributed by atoms with Gasteiger partial charge in [0.2, 0.25) is 0 Å². The van der Waals surface area contributed by atoms with Crippen molar-refractivity contribution in [2.75, 3.05) is 13.1 Å². The van der Waals surface area contributed by atoms with Gasteiger partial charge >= 0.3 is 0 Å². The lowest BCUT2D eigenvalue weighted by Crippen LogP contribution is -2.36. The monoisotopic (exact) mass is 288 g/mol. The summed E-state index contributed by atoms with van der Waals surface area (Å²) >= 11 is 5.19. The van der Waals surface area contributed by atoms with E-state index < -0.39 is 0 Å². The van der Waals surface area contributed by atoms with E-state index in [0.29, 0.717) is 10.9 Å². The quantitative estimate of drug-likeness (QED) is 0.740. The minimum atomic E-state index is 0.304. The second kappa shape index (κ2) is 7.10. The molecule has 0 aliphatic rings. The molecule has 2 aromatic carbocycles. The number of fused-ring (bicyclic) bond motifs is 1. The molecule has 0 unspecified atom stereocenters. The first-order valence-corrected chi connectivity index (χ1v) is 7.34. The van der Waals surface area contributed by atoms with Gasteiger partial charge in [-0.15, -0.1) is 0 Å². The van der Waals surface area contributed by atoms with Crippen LogP contribution in [0.4, 0.5) is 0 Å². The molecular weight excluding hydrogens is 268 g/mol. The van der Waals surface area contributed by atoms with Gasteiger partial charge in [0.25, 0.3) is 0 Å². The molecule has 2 rings (SSSR count). The molecule has 2 aromatic rings. The molecule has 3 nitrogen and oxygen atoms in total. The van der Waals surface area contributed by atoms with Crippen LogP contribution in [0.25, 0.3) is 10.8 Å². The molecule has 0 spiro atoms. The molecule has 0 atom stereocenters. The summed E-state index contributed by atoms with van der Waals surface area (Å²) in [5, 5.41) is 18.9. The summed E-state index contributed by atoms with van der Waals surface area (Å²) in [5.74, 6) is 0.304. The summed E-state index contributed by atoms with van der Waals surface area (Å²) in [4.78, 5) is 0. The smallest absolute Gasteiger partial charge is 0.166 e. The number of phenols is 1. The van der Waals surface area contributed by atoms with Gasteiger partial charge < -0.3 is 15.7 Å². The predicted molar refractivity (Wildman–Crippen MR) is 88.2 cm³/mol. The van der Waals surface area contributed by atoms with Crippen molar-refractivity contribution in [1.82, 2.24) is 10.6 Å². The third kappa shape index (κ3) is 3.84. The standard InChI is InChI=1S/C16H20N2OS/c1-2-9-17-16(20)18-10-8-13-5-3-4-12-6-7-14(19)11-15(12)13/h3-7,11,19H,2,8-10H2,1H3,(H2,17,18,20). The average Bonchev–Trinajstić information content (AvgIpc) is 2.45. The zero-order chi connectivity index (χ0) is 14.4. The van der Waals surface area contributed by atoms with E-state index in [0.717, 1.165) is 36.7 Å². The highest BCUT2D eigenvalue weighted by Crippen LogP contribution is 2.23. The van der Waals surface area contributed by atoms with Crippen LogP contribution < -0.4 is 10.6 Å². The minimum Gasteiger partial charge on any atom is -0.508 e. The van der Waals surface area contributed by atoms with Crippen molar-refractivity contribution in [3.05, 3.63) is 42.0 Å². The number of phenolic OH excluding ortho intramolecular Hbond substituents is 1. The Morgan fingerprint density at radius 1 is 1.15 bits per heavy atom. The highest BCUT2D eigenvalue weighted by molar-refractivity contribution is 7.80. The molecule has 20 heavy (non-hydrogen) atoms. The van der Waals surface area contributed by atoms with Crippen LogP contribution in [0.3, 0.4) is 0 Å². The third-order valence-electron chi connectivity index (χ3n) is 3.17. The van der Waals surface area contributed by atoms with Crippen molar-refractivity contribution in [1.29, 1.82) is 0 Å². The summed E-state index contributed by atoms with van der Waals surface area (Å²) in [6.45, 7) is 3.79. The van der Waals surface area contributed by atoms with Crippen molar-refractivity contribution < 1.29 is 5.11 Å². The maximum Gasteiger partial charge on any atom is 0.166 e. The molecule has 0 aromatic heterocycles. The Kier molecular flexibility index (Phi) is 5.18. The Bertz CT molecular complexity index is 598. The van der Waals surface area contributed by atoms with E-state index in [9.17, 15) is 5.11 Å². The molecule has 0 saturated heterocycles. The van der Waals surface area contributed by atoms with Crippen molar-refractivity contribution in [3.63, 3.8) is 0 Å². The van der Waals surface area contributed by atoms with E-state index in [2.05, 4.69) is 29.7 Å². The molecule has 0 fully saturated rings. The van der Waals surface area contributed by atoms with Gasteiger partial charge in [0, 0.05) is 13.1 Å². The number of nitrogens with one attached hydrogen (secondary N) is 2. The molecule has 0 saturated carbocycles. The molecule has 0 aliphatic carbocycles. The number of aromatic hydroxyl groups is 1. The van der Waals surface area contributed by atoms with E-state index in [1.165, 1.54) is 5.56 Å². The molecule has 4 heteroatoms. The second-order valence-electron chi connectivity index (χ2n) is 4.76. The first kappa shape index (κ1) is 14.6. The number of benzene rings is 2. The lowest BCUT2D eigenvalue weighted by Gasteiger charge is -2.11. The Morgan fingerprint density at radius 3 is 2.75 bits per heavy atom. The number of thiocarbonyl (C=S) groups is 1. The predicted octanol–water partition coefficient (Wildman–Crippen LogP) is 2.96. The van der Waals surface area contributed by atoms with Crippen LogP contribution in [0.15, 0.2) is 36.4 Å². The highest BCUT2D eigenvalue weighted by atomic mass is 32.1. The Balaban J connectivity index is 1.99. The first-order valence-electron chi connectivity index (χ1n) is 6.93. The van der Waals surface area contributed by atoms with Gasteiger partial charge in [-0.1, -0.05) is 31.2 Å². The fourth-order valence-electron chi connectivity index (χ4n) is 2.16. The number of hydrogen-bond acceptors (Lipinski definition) is 2. The van der Waals surface area contributed by atoms with Crippen molar-refractivity contribution in [2.45, 2.75) is 19.8 Å². The van der Waals surface area contributed by atoms with Gasteiger partial charge in [0.05, 0.1) is 0 Å². The first-order chi connectivity index (χ1) is 9.70. The molecule has 0 bridgehead atoms. The average molecular weight is 288 g/mol. The van der Waals surface area contributed by atoms with Gasteiger partial charge in [-0.2, -0.15) is 0 Å². The summed E-state index contributed by atoms with van der Waals surface area (Å²) < 4.78 is 0. The molecule has 0 heterocycles. The summed E-state index contributed by atoms with van der Waals surface area (Å²) in [6, 6.07) is 11.7. The molecule has 0 aliphatic heterocycles. The van der Waals surface area contributed by atoms with Gasteiger partial charge in [0.15, 0.2) is 5.11 Å². The van der Waals surface area contributed by atoms with Crippen LogP contribution in [-0.4, -0.2) is 23.3 Å². The van der Waals surface area contributed by atoms with Crippen molar-refractivity contribution in [2.24, 2.45) is 0 Å². The van der Waals surface area contributed by atoms with E-state index in [-0.39, 0.29) is 0 Å². The Labute approximate surface area is 125 Å². The van der Waals surface area contributed by atoms with Crippen LogP contribution in [-0.2, 0) is 6.42 Å². The molecule has 0 amide bonds. The maximum absolute atomic E-state index is 9.62. The molecule has 0 radical (unpaired) electrons. The summed E-state index contributed by atoms with van der Waals surface area (Å²) in [5.41, 5.74) is 1.21. The second-order valence-corrected chi connectivity index (χ2v) is 5.16. The SMILES string of the molecule is CCCNC(=S)NCCc1cccc2ccc(O)cc12. The van der Waals surface area contributed by atoms with Crippen LogP contribution in [0.1, 0.15) is 18.9 Å². The van der Waals surface area contributed by atoms with E-state index in [1.807, 2.05) is 18.2 Å². The molecular formula is C16H20N2OS. The van der Waals surface area contributed by atoms with Gasteiger partial charge in [0.1, 0.15) is 5.75 Å². The maximum atomic E-state index is 9.62. The third-order valence-corrected chi connectivity index (χ3v) is 3.46. The van der Waals surface area contributed by atoms with Crippen LogP contribution in [0, 0.1) is 0 Å². The van der Waals surface area contributed by atoms with Gasteiger partial charge in [-0.25, -0.2) is 0 Å². The molecule has 106 valence electrons. The largest absolute Gasteiger partial charge is 0.508 e. The van der Waals surface area contributed by atoms with E-state index >= 15 is 0 Å². The summed E-state index contributed by atoms with van der Waals surface area (Å²) in [6.07, 6.45) is 1.93. The topological polar surface area (TPSA) is 44.3 Å². The number of rotatable bonds is 5. The normalized spacial score (nSPS) is 10.4. The number of hydrogen-bond donors (Lipinski definition) is 3. The minimum absolute atomic E-state index is 0.304. The zero-order valence-electron chi connectivity index (χ0n) is 11.6. The molecule has 3 N–H and O–H groups in total.